The van der Waals surface area contributed by atoms with E-state index in [9.17, 15) is 18.0 Å². The highest BCUT2D eigenvalue weighted by Gasteiger charge is 2.29. The minimum absolute atomic E-state index is 0.0534. The third-order valence-corrected chi connectivity index (χ3v) is 9.54. The van der Waals surface area contributed by atoms with Crippen molar-refractivity contribution in [2.24, 2.45) is 0 Å². The van der Waals surface area contributed by atoms with Gasteiger partial charge in [-0.25, -0.2) is 4.79 Å². The molecule has 238 valence electrons. The zero-order valence-electron chi connectivity index (χ0n) is 25.8. The van der Waals surface area contributed by atoms with Gasteiger partial charge in [0.15, 0.2) is 0 Å². The summed E-state index contributed by atoms with van der Waals surface area (Å²) in [5, 5.41) is 7.16. The number of amides is 2. The van der Waals surface area contributed by atoms with E-state index in [2.05, 4.69) is 34.9 Å². The number of benzene rings is 6. The van der Waals surface area contributed by atoms with Crippen LogP contribution in [0.4, 0.5) is 16.2 Å². The second-order valence-electron chi connectivity index (χ2n) is 11.6. The topological polar surface area (TPSA) is 111 Å². The van der Waals surface area contributed by atoms with E-state index in [1.165, 1.54) is 18.2 Å². The summed E-state index contributed by atoms with van der Waals surface area (Å²) in [5.41, 5.74) is 6.70. The lowest BCUT2D eigenvalue weighted by atomic mass is 9.98. The van der Waals surface area contributed by atoms with Crippen LogP contribution in [-0.4, -0.2) is 27.0 Å². The Labute approximate surface area is 278 Å². The number of fused-ring (bicyclic) bond motifs is 4. The van der Waals surface area contributed by atoms with Gasteiger partial charge in [-0.05, 0) is 94.5 Å². The molecule has 1 aliphatic carbocycles. The van der Waals surface area contributed by atoms with Gasteiger partial charge in [0.05, 0.1) is 0 Å². The fourth-order valence-electron chi connectivity index (χ4n) is 5.92. The van der Waals surface area contributed by atoms with E-state index in [-0.39, 0.29) is 23.2 Å². The summed E-state index contributed by atoms with van der Waals surface area (Å²) < 4.78 is 36.7. The minimum atomic E-state index is -4.12. The third kappa shape index (κ3) is 6.36. The van der Waals surface area contributed by atoms with E-state index in [1.807, 2.05) is 37.3 Å². The van der Waals surface area contributed by atoms with Crippen LogP contribution in [0.15, 0.2) is 138 Å². The summed E-state index contributed by atoms with van der Waals surface area (Å²) in [6.07, 6.45) is -0.577. The van der Waals surface area contributed by atoms with Crippen molar-refractivity contribution in [3.8, 4) is 16.9 Å². The maximum absolute atomic E-state index is 13.2. The smallest absolute Gasteiger partial charge is 0.411 e. The van der Waals surface area contributed by atoms with Crippen molar-refractivity contribution in [2.75, 3.05) is 17.2 Å². The summed E-state index contributed by atoms with van der Waals surface area (Å²) >= 11 is 0. The van der Waals surface area contributed by atoms with Gasteiger partial charge in [-0.3, -0.25) is 10.1 Å². The highest BCUT2D eigenvalue weighted by molar-refractivity contribution is 7.87. The predicted octanol–water partition coefficient (Wildman–Crippen LogP) is 8.53. The van der Waals surface area contributed by atoms with Crippen molar-refractivity contribution in [1.29, 1.82) is 0 Å². The molecule has 0 aliphatic heterocycles. The van der Waals surface area contributed by atoms with Crippen LogP contribution < -0.4 is 14.8 Å². The molecular formula is C39H30N2O6S. The molecule has 1 aliphatic rings. The zero-order chi connectivity index (χ0) is 33.3. The highest BCUT2D eigenvalue weighted by Crippen LogP contribution is 2.44. The Hall–Kier alpha value is -5.93. The molecule has 9 heteroatoms. The fraction of sp³-hybridized carbons (Fsp3) is 0.0769. The van der Waals surface area contributed by atoms with Crippen molar-refractivity contribution < 1.29 is 26.9 Å². The maximum atomic E-state index is 13.2. The first-order valence-corrected chi connectivity index (χ1v) is 16.7. The molecule has 8 nitrogen and oxygen atoms in total. The van der Waals surface area contributed by atoms with E-state index < -0.39 is 22.1 Å². The van der Waals surface area contributed by atoms with Crippen LogP contribution in [0.1, 0.15) is 33.0 Å². The Kier molecular flexibility index (Phi) is 8.12. The summed E-state index contributed by atoms with van der Waals surface area (Å²) in [4.78, 5) is 26.0. The number of carbonyl (C=O) groups excluding carboxylic acids is 2. The molecule has 0 fully saturated rings. The van der Waals surface area contributed by atoms with E-state index in [1.54, 1.807) is 60.7 Å². The number of rotatable bonds is 8. The molecule has 2 amide bonds. The van der Waals surface area contributed by atoms with Crippen LogP contribution in [0.2, 0.25) is 0 Å². The van der Waals surface area contributed by atoms with Crippen LogP contribution in [0.3, 0.4) is 0 Å². The summed E-state index contributed by atoms with van der Waals surface area (Å²) in [5.74, 6) is -0.290. The number of hydrogen-bond donors (Lipinski definition) is 2. The molecule has 0 bridgehead atoms. The fourth-order valence-corrected chi connectivity index (χ4v) is 6.90. The van der Waals surface area contributed by atoms with E-state index in [0.717, 1.165) is 38.6 Å². The van der Waals surface area contributed by atoms with E-state index >= 15 is 0 Å². The van der Waals surface area contributed by atoms with Crippen molar-refractivity contribution >= 4 is 44.3 Å². The average Bonchev–Trinajstić information content (AvgIpc) is 3.41. The quantitative estimate of drug-likeness (QED) is 0.159. The Bertz CT molecular complexity index is 2260. The molecule has 0 heterocycles. The maximum Gasteiger partial charge on any atom is 0.411 e. The number of hydrogen-bond acceptors (Lipinski definition) is 6. The van der Waals surface area contributed by atoms with Crippen LogP contribution in [0, 0.1) is 6.92 Å². The van der Waals surface area contributed by atoms with Crippen LogP contribution in [0.5, 0.6) is 5.75 Å². The summed E-state index contributed by atoms with van der Waals surface area (Å²) in [6, 6.07) is 39.4. The monoisotopic (exact) mass is 654 g/mol. The number of anilines is 2. The van der Waals surface area contributed by atoms with E-state index in [4.69, 9.17) is 8.92 Å². The number of ether oxygens (including phenoxy) is 1. The normalized spacial score (nSPS) is 12.2. The van der Waals surface area contributed by atoms with Gasteiger partial charge in [-0.1, -0.05) is 84.4 Å². The lowest BCUT2D eigenvalue weighted by Gasteiger charge is -2.15. The molecule has 0 saturated carbocycles. The lowest BCUT2D eigenvalue weighted by Crippen LogP contribution is -2.17. The van der Waals surface area contributed by atoms with Crippen LogP contribution in [-0.2, 0) is 14.9 Å². The van der Waals surface area contributed by atoms with Crippen molar-refractivity contribution in [1.82, 2.24) is 0 Å². The van der Waals surface area contributed by atoms with Gasteiger partial charge in [0.1, 0.15) is 17.3 Å². The zero-order valence-corrected chi connectivity index (χ0v) is 26.7. The Morgan fingerprint density at radius 3 is 2.06 bits per heavy atom. The second kappa shape index (κ2) is 12.7. The molecule has 0 radical (unpaired) electrons. The molecule has 7 rings (SSSR count). The summed E-state index contributed by atoms with van der Waals surface area (Å²) in [6.45, 7) is 2.08. The molecule has 6 aromatic carbocycles. The lowest BCUT2D eigenvalue weighted by molar-refractivity contribution is 0.102. The van der Waals surface area contributed by atoms with Crippen LogP contribution in [0.25, 0.3) is 21.9 Å². The molecule has 0 unspecified atom stereocenters. The van der Waals surface area contributed by atoms with Gasteiger partial charge in [-0.2, -0.15) is 8.42 Å². The summed E-state index contributed by atoms with van der Waals surface area (Å²) in [7, 11) is -4.12. The van der Waals surface area contributed by atoms with Gasteiger partial charge >= 0.3 is 16.2 Å². The van der Waals surface area contributed by atoms with Gasteiger partial charge in [-0.15, -0.1) is 0 Å². The Morgan fingerprint density at radius 2 is 1.33 bits per heavy atom. The molecule has 0 atom stereocenters. The van der Waals surface area contributed by atoms with Gasteiger partial charge in [0.2, 0.25) is 0 Å². The molecule has 0 saturated heterocycles. The van der Waals surface area contributed by atoms with Crippen LogP contribution >= 0.6 is 0 Å². The Balaban J connectivity index is 1.02. The first-order chi connectivity index (χ1) is 23.2. The standard InChI is InChI=1S/C39H30N2O6S/c1-25-13-19-31(20-14-25)47-48(44,45)32-8-6-7-29(23-32)40-38(42)27-16-15-26-17-18-30(22-28(26)21-27)41-39(43)46-24-37-35-11-4-2-9-33(35)34-10-3-5-12-36(34)37/h2-23,37H,24H2,1H3,(H,40,42)(H,41,43). The van der Waals surface area contributed by atoms with E-state index in [0.29, 0.717) is 16.9 Å². The average molecular weight is 655 g/mol. The first kappa shape index (κ1) is 30.7. The largest absolute Gasteiger partial charge is 0.448 e. The third-order valence-electron chi connectivity index (χ3n) is 8.30. The number of aryl methyl sites for hydroxylation is 1. The molecule has 2 N–H and O–H groups in total. The number of nitrogens with one attached hydrogen (secondary N) is 2. The van der Waals surface area contributed by atoms with Crippen molar-refractivity contribution in [3.05, 3.63) is 156 Å². The molecule has 6 aromatic rings. The molecular weight excluding hydrogens is 625 g/mol. The van der Waals surface area contributed by atoms with Gasteiger partial charge in [0.25, 0.3) is 5.91 Å². The van der Waals surface area contributed by atoms with Crippen molar-refractivity contribution in [3.63, 3.8) is 0 Å². The molecule has 0 spiro atoms. The highest BCUT2D eigenvalue weighted by atomic mass is 32.2. The molecule has 48 heavy (non-hydrogen) atoms. The predicted molar refractivity (Wildman–Crippen MR) is 186 cm³/mol. The minimum Gasteiger partial charge on any atom is -0.448 e. The molecule has 0 aromatic heterocycles. The number of carbonyl (C=O) groups is 2. The SMILES string of the molecule is Cc1ccc(OS(=O)(=O)c2cccc(NC(=O)c3ccc4ccc(NC(=O)OCC5c6ccccc6-c6ccccc65)cc4c3)c2)cc1. The first-order valence-electron chi connectivity index (χ1n) is 15.3. The van der Waals surface area contributed by atoms with Crippen molar-refractivity contribution in [2.45, 2.75) is 17.7 Å². The second-order valence-corrected chi connectivity index (χ2v) is 13.1. The van der Waals surface area contributed by atoms with Gasteiger partial charge < -0.3 is 14.2 Å². The van der Waals surface area contributed by atoms with Gasteiger partial charge in [0, 0.05) is 22.9 Å². The Morgan fingerprint density at radius 1 is 0.667 bits per heavy atom.